The van der Waals surface area contributed by atoms with E-state index in [0.717, 1.165) is 31.8 Å². The van der Waals surface area contributed by atoms with E-state index in [0.29, 0.717) is 23.5 Å². The highest BCUT2D eigenvalue weighted by atomic mass is 16.5. The Balaban J connectivity index is 1.54. The van der Waals surface area contributed by atoms with Crippen molar-refractivity contribution in [3.05, 3.63) is 0 Å². The maximum atomic E-state index is 12.5. The van der Waals surface area contributed by atoms with Crippen LogP contribution < -0.4 is 5.32 Å². The van der Waals surface area contributed by atoms with Gasteiger partial charge in [-0.1, -0.05) is 26.2 Å². The molecule has 0 aliphatic heterocycles. The highest BCUT2D eigenvalue weighted by molar-refractivity contribution is 5.79. The number of nitrogens with one attached hydrogen (secondary N) is 1. The van der Waals surface area contributed by atoms with Crippen molar-refractivity contribution in [1.29, 1.82) is 0 Å². The maximum Gasteiger partial charge on any atom is 0.223 e. The summed E-state index contributed by atoms with van der Waals surface area (Å²) in [5.74, 6) is 1.31. The predicted octanol–water partition coefficient (Wildman–Crippen LogP) is 3.28. The quantitative estimate of drug-likeness (QED) is 0.857. The van der Waals surface area contributed by atoms with E-state index in [-0.39, 0.29) is 5.92 Å². The van der Waals surface area contributed by atoms with Gasteiger partial charge in [-0.3, -0.25) is 4.79 Å². The van der Waals surface area contributed by atoms with Crippen LogP contribution >= 0.6 is 0 Å². The normalized spacial score (nSPS) is 38.9. The zero-order chi connectivity index (χ0) is 14.2. The first-order valence-electron chi connectivity index (χ1n) is 8.57. The Morgan fingerprint density at radius 1 is 1.25 bits per heavy atom. The van der Waals surface area contributed by atoms with Crippen LogP contribution in [0.25, 0.3) is 0 Å². The Kier molecular flexibility index (Phi) is 4.07. The lowest BCUT2D eigenvalue weighted by atomic mass is 9.51. The topological polar surface area (TPSA) is 38.3 Å². The molecule has 0 unspecified atom stereocenters. The number of hydrogen-bond donors (Lipinski definition) is 1. The van der Waals surface area contributed by atoms with Gasteiger partial charge in [0.1, 0.15) is 0 Å². The van der Waals surface area contributed by atoms with E-state index in [1.807, 2.05) is 0 Å². The lowest BCUT2D eigenvalue weighted by Gasteiger charge is -2.61. The SMILES string of the molecule is CCO[C@@H]1C[C@H](NC(=O)[C@H]2CCC[C@@H](C)C2)C12CCC2. The zero-order valence-electron chi connectivity index (χ0n) is 13.0. The fourth-order valence-electron chi connectivity index (χ4n) is 4.60. The minimum atomic E-state index is 0.266. The van der Waals surface area contributed by atoms with Gasteiger partial charge in [0.05, 0.1) is 6.10 Å². The van der Waals surface area contributed by atoms with Crippen LogP contribution in [-0.4, -0.2) is 24.7 Å². The Morgan fingerprint density at radius 2 is 2.05 bits per heavy atom. The smallest absolute Gasteiger partial charge is 0.223 e. The van der Waals surface area contributed by atoms with Gasteiger partial charge in [0.25, 0.3) is 0 Å². The summed E-state index contributed by atoms with van der Waals surface area (Å²) >= 11 is 0. The van der Waals surface area contributed by atoms with Crippen molar-refractivity contribution >= 4 is 5.91 Å². The van der Waals surface area contributed by atoms with Crippen molar-refractivity contribution in [3.63, 3.8) is 0 Å². The van der Waals surface area contributed by atoms with Crippen molar-refractivity contribution in [3.8, 4) is 0 Å². The first kappa shape index (κ1) is 14.4. The number of amides is 1. The van der Waals surface area contributed by atoms with Crippen LogP contribution in [0.5, 0.6) is 0 Å². The Bertz CT molecular complexity index is 364. The Hall–Kier alpha value is -0.570. The highest BCUT2D eigenvalue weighted by Crippen LogP contribution is 2.57. The van der Waals surface area contributed by atoms with Crippen LogP contribution in [0.2, 0.25) is 0 Å². The van der Waals surface area contributed by atoms with Gasteiger partial charge in [-0.15, -0.1) is 0 Å². The van der Waals surface area contributed by atoms with E-state index >= 15 is 0 Å². The van der Waals surface area contributed by atoms with E-state index in [1.54, 1.807) is 0 Å². The van der Waals surface area contributed by atoms with Gasteiger partial charge in [-0.05, 0) is 44.9 Å². The van der Waals surface area contributed by atoms with Crippen molar-refractivity contribution < 1.29 is 9.53 Å². The van der Waals surface area contributed by atoms with Crippen LogP contribution in [0, 0.1) is 17.3 Å². The summed E-state index contributed by atoms with van der Waals surface area (Å²) in [5, 5.41) is 3.37. The molecule has 3 heteroatoms. The van der Waals surface area contributed by atoms with E-state index in [4.69, 9.17) is 4.74 Å². The van der Waals surface area contributed by atoms with Gasteiger partial charge in [-0.2, -0.15) is 0 Å². The molecule has 3 rings (SSSR count). The minimum absolute atomic E-state index is 0.266. The molecule has 1 spiro atoms. The molecule has 0 heterocycles. The highest BCUT2D eigenvalue weighted by Gasteiger charge is 2.59. The second-order valence-corrected chi connectivity index (χ2v) is 7.30. The standard InChI is InChI=1S/C17H29NO2/c1-3-20-15-11-14(17(15)8-5-9-17)18-16(19)13-7-4-6-12(2)10-13/h12-15H,3-11H2,1-2H3,(H,18,19)/t12-,13+,14+,15-/m1/s1. The molecule has 3 aliphatic carbocycles. The number of ether oxygens (including phenoxy) is 1. The average molecular weight is 279 g/mol. The molecule has 0 aromatic carbocycles. The molecule has 0 radical (unpaired) electrons. The van der Waals surface area contributed by atoms with Crippen molar-refractivity contribution in [1.82, 2.24) is 5.32 Å². The second kappa shape index (κ2) is 5.67. The molecule has 114 valence electrons. The van der Waals surface area contributed by atoms with Gasteiger partial charge in [0, 0.05) is 24.0 Å². The molecule has 4 atom stereocenters. The van der Waals surface area contributed by atoms with Crippen LogP contribution in [0.4, 0.5) is 0 Å². The monoisotopic (exact) mass is 279 g/mol. The van der Waals surface area contributed by atoms with E-state index < -0.39 is 0 Å². The molecule has 3 fully saturated rings. The second-order valence-electron chi connectivity index (χ2n) is 7.30. The summed E-state index contributed by atoms with van der Waals surface area (Å²) in [4.78, 5) is 12.5. The van der Waals surface area contributed by atoms with Crippen LogP contribution in [0.3, 0.4) is 0 Å². The predicted molar refractivity (Wildman–Crippen MR) is 79.4 cm³/mol. The molecule has 1 N–H and O–H groups in total. The molecule has 0 aromatic rings. The fourth-order valence-corrected chi connectivity index (χ4v) is 4.60. The van der Waals surface area contributed by atoms with Gasteiger partial charge in [-0.25, -0.2) is 0 Å². The van der Waals surface area contributed by atoms with Crippen LogP contribution in [0.1, 0.15) is 65.2 Å². The summed E-state index contributed by atoms with van der Waals surface area (Å²) in [6.45, 7) is 5.15. The fraction of sp³-hybridized carbons (Fsp3) is 0.941. The zero-order valence-corrected chi connectivity index (χ0v) is 13.0. The van der Waals surface area contributed by atoms with Crippen molar-refractivity contribution in [2.75, 3.05) is 6.61 Å². The molecule has 3 nitrogen and oxygen atoms in total. The number of carbonyl (C=O) groups is 1. The summed E-state index contributed by atoms with van der Waals surface area (Å²) < 4.78 is 5.86. The first-order chi connectivity index (χ1) is 9.65. The third-order valence-corrected chi connectivity index (χ3v) is 6.06. The van der Waals surface area contributed by atoms with E-state index in [1.165, 1.54) is 32.1 Å². The molecule has 0 bridgehead atoms. The summed E-state index contributed by atoms with van der Waals surface area (Å²) in [5.41, 5.74) is 0.298. The molecule has 1 amide bonds. The third kappa shape index (κ3) is 2.38. The van der Waals surface area contributed by atoms with Gasteiger partial charge in [0.15, 0.2) is 0 Å². The lowest BCUT2D eigenvalue weighted by Crippen LogP contribution is -2.68. The molecular weight excluding hydrogens is 250 g/mol. The molecule has 20 heavy (non-hydrogen) atoms. The van der Waals surface area contributed by atoms with Gasteiger partial charge >= 0.3 is 0 Å². The van der Waals surface area contributed by atoms with E-state index in [2.05, 4.69) is 19.2 Å². The summed E-state index contributed by atoms with van der Waals surface area (Å²) in [6, 6.07) is 0.387. The maximum absolute atomic E-state index is 12.5. The summed E-state index contributed by atoms with van der Waals surface area (Å²) in [7, 11) is 0. The summed E-state index contributed by atoms with van der Waals surface area (Å²) in [6.07, 6.45) is 9.90. The van der Waals surface area contributed by atoms with Crippen LogP contribution in [-0.2, 0) is 9.53 Å². The molecule has 0 saturated heterocycles. The first-order valence-corrected chi connectivity index (χ1v) is 8.57. The van der Waals surface area contributed by atoms with Gasteiger partial charge in [0.2, 0.25) is 5.91 Å². The molecule has 3 saturated carbocycles. The van der Waals surface area contributed by atoms with Crippen LogP contribution in [0.15, 0.2) is 0 Å². The molecule has 3 aliphatic rings. The number of hydrogen-bond acceptors (Lipinski definition) is 2. The molecule has 0 aromatic heterocycles. The molecular formula is C17H29NO2. The van der Waals surface area contributed by atoms with Crippen molar-refractivity contribution in [2.24, 2.45) is 17.3 Å². The lowest BCUT2D eigenvalue weighted by molar-refractivity contribution is -0.177. The number of carbonyl (C=O) groups excluding carboxylic acids is 1. The average Bonchev–Trinajstić information content (AvgIpc) is 2.35. The van der Waals surface area contributed by atoms with E-state index in [9.17, 15) is 4.79 Å². The number of rotatable bonds is 4. The Labute approximate surface area is 122 Å². The third-order valence-electron chi connectivity index (χ3n) is 6.06. The minimum Gasteiger partial charge on any atom is -0.378 e. The largest absolute Gasteiger partial charge is 0.378 e. The Morgan fingerprint density at radius 3 is 2.65 bits per heavy atom. The van der Waals surface area contributed by atoms with Crippen molar-refractivity contribution in [2.45, 2.75) is 77.4 Å². The van der Waals surface area contributed by atoms with Gasteiger partial charge < -0.3 is 10.1 Å².